The topological polar surface area (TPSA) is 92.6 Å². The molecule has 0 aliphatic rings. The van der Waals surface area contributed by atoms with E-state index in [2.05, 4.69) is 5.32 Å². The molecule has 0 unspecified atom stereocenters. The predicted octanol–water partition coefficient (Wildman–Crippen LogP) is 3.55. The van der Waals surface area contributed by atoms with Crippen LogP contribution in [0.2, 0.25) is 0 Å². The lowest BCUT2D eigenvalue weighted by Crippen LogP contribution is -2.30. The summed E-state index contributed by atoms with van der Waals surface area (Å²) in [4.78, 5) is 10.8. The van der Waals surface area contributed by atoms with E-state index in [4.69, 9.17) is 0 Å². The number of anilines is 1. The Morgan fingerprint density at radius 3 is 2.35 bits per heavy atom. The van der Waals surface area contributed by atoms with Gasteiger partial charge in [-0.3, -0.25) is 10.1 Å². The van der Waals surface area contributed by atoms with Crippen LogP contribution in [0.15, 0.2) is 47.4 Å². The highest BCUT2D eigenvalue weighted by Gasteiger charge is 2.25. The van der Waals surface area contributed by atoms with E-state index < -0.39 is 14.9 Å². The molecule has 140 valence electrons. The smallest absolute Gasteiger partial charge is 0.293 e. The molecule has 0 spiro atoms. The van der Waals surface area contributed by atoms with Crippen molar-refractivity contribution < 1.29 is 13.3 Å². The number of nitrogens with one attached hydrogen (secondary N) is 1. The molecular weight excluding hydrogens is 354 g/mol. The summed E-state index contributed by atoms with van der Waals surface area (Å²) in [6, 6.07) is 11.7. The van der Waals surface area contributed by atoms with Gasteiger partial charge in [0.25, 0.3) is 5.69 Å². The maximum Gasteiger partial charge on any atom is 0.293 e. The summed E-state index contributed by atoms with van der Waals surface area (Å²) < 4.78 is 26.4. The van der Waals surface area contributed by atoms with Crippen molar-refractivity contribution in [2.75, 3.05) is 18.4 Å². The third-order valence-corrected chi connectivity index (χ3v) is 6.29. The Labute approximate surface area is 153 Å². The molecule has 0 fully saturated rings. The van der Waals surface area contributed by atoms with Crippen LogP contribution < -0.4 is 5.32 Å². The fourth-order valence-corrected chi connectivity index (χ4v) is 4.16. The molecule has 0 aliphatic carbocycles. The second kappa shape index (κ2) is 8.29. The van der Waals surface area contributed by atoms with Crippen LogP contribution in [0.5, 0.6) is 0 Å². The molecule has 0 aromatic heterocycles. The Morgan fingerprint density at radius 1 is 1.12 bits per heavy atom. The largest absolute Gasteiger partial charge is 0.375 e. The summed E-state index contributed by atoms with van der Waals surface area (Å²) in [5.74, 6) is 0. The Bertz CT molecular complexity index is 893. The zero-order valence-electron chi connectivity index (χ0n) is 15.1. The first-order valence-electron chi connectivity index (χ1n) is 8.38. The highest BCUT2D eigenvalue weighted by Crippen LogP contribution is 2.29. The van der Waals surface area contributed by atoms with Crippen molar-refractivity contribution >= 4 is 21.4 Å². The molecule has 2 rings (SSSR count). The monoisotopic (exact) mass is 377 g/mol. The fraction of sp³-hybridized carbons (Fsp3) is 0.333. The number of aryl methyl sites for hydroxylation is 1. The van der Waals surface area contributed by atoms with Crippen LogP contribution in [0.4, 0.5) is 11.4 Å². The fourth-order valence-electron chi connectivity index (χ4n) is 2.68. The van der Waals surface area contributed by atoms with Gasteiger partial charge in [0.2, 0.25) is 10.0 Å². The molecule has 8 heteroatoms. The number of benzene rings is 2. The van der Waals surface area contributed by atoms with Crippen LogP contribution in [-0.2, 0) is 16.6 Å². The molecule has 0 amide bonds. The minimum Gasteiger partial charge on any atom is -0.375 e. The highest BCUT2D eigenvalue weighted by molar-refractivity contribution is 7.89. The summed E-state index contributed by atoms with van der Waals surface area (Å²) >= 11 is 0. The van der Waals surface area contributed by atoms with Crippen molar-refractivity contribution in [1.82, 2.24) is 4.31 Å². The first-order valence-corrected chi connectivity index (χ1v) is 9.82. The summed E-state index contributed by atoms with van der Waals surface area (Å²) in [7, 11) is -3.75. The van der Waals surface area contributed by atoms with Crippen molar-refractivity contribution in [3.05, 3.63) is 63.7 Å². The van der Waals surface area contributed by atoms with E-state index in [0.29, 0.717) is 19.6 Å². The van der Waals surface area contributed by atoms with Gasteiger partial charge in [-0.05, 0) is 30.2 Å². The van der Waals surface area contributed by atoms with Gasteiger partial charge in [0.1, 0.15) is 5.69 Å². The molecule has 0 atom stereocenters. The second-order valence-corrected chi connectivity index (χ2v) is 7.74. The van der Waals surface area contributed by atoms with Crippen molar-refractivity contribution in [3.63, 3.8) is 0 Å². The molecular formula is C18H23N3O4S. The van der Waals surface area contributed by atoms with Crippen molar-refractivity contribution in [1.29, 1.82) is 0 Å². The SMILES string of the molecule is CCN(CC)S(=O)(=O)c1ccc(NCc2ccccc2C)c([N+](=O)[O-])c1. The number of nitro groups is 1. The highest BCUT2D eigenvalue weighted by atomic mass is 32.2. The molecule has 0 bridgehead atoms. The summed E-state index contributed by atoms with van der Waals surface area (Å²) in [6.45, 7) is 6.45. The minimum atomic E-state index is -3.75. The molecule has 0 saturated heterocycles. The summed E-state index contributed by atoms with van der Waals surface area (Å²) in [5, 5.41) is 14.5. The Kier molecular flexibility index (Phi) is 6.33. The second-order valence-electron chi connectivity index (χ2n) is 5.81. The van der Waals surface area contributed by atoms with Gasteiger partial charge >= 0.3 is 0 Å². The van der Waals surface area contributed by atoms with E-state index in [1.807, 2.05) is 31.2 Å². The van der Waals surface area contributed by atoms with Crippen LogP contribution >= 0.6 is 0 Å². The van der Waals surface area contributed by atoms with E-state index in [1.165, 1.54) is 16.4 Å². The lowest BCUT2D eigenvalue weighted by atomic mass is 10.1. The van der Waals surface area contributed by atoms with Gasteiger partial charge in [0.05, 0.1) is 9.82 Å². The first kappa shape index (κ1) is 19.9. The number of hydrogen-bond acceptors (Lipinski definition) is 5. The van der Waals surface area contributed by atoms with Gasteiger partial charge in [0.15, 0.2) is 0 Å². The van der Waals surface area contributed by atoms with Gasteiger partial charge in [-0.25, -0.2) is 8.42 Å². The van der Waals surface area contributed by atoms with Gasteiger partial charge in [-0.2, -0.15) is 4.31 Å². The van der Waals surface area contributed by atoms with Crippen LogP contribution in [-0.4, -0.2) is 30.7 Å². The number of sulfonamides is 1. The molecule has 1 N–H and O–H groups in total. The summed E-state index contributed by atoms with van der Waals surface area (Å²) in [5.41, 5.74) is 2.12. The molecule has 2 aromatic rings. The van der Waals surface area contributed by atoms with E-state index in [0.717, 1.165) is 17.2 Å². The van der Waals surface area contributed by atoms with Gasteiger partial charge in [-0.15, -0.1) is 0 Å². The lowest BCUT2D eigenvalue weighted by molar-refractivity contribution is -0.384. The number of nitro benzene ring substituents is 1. The molecule has 0 saturated carbocycles. The van der Waals surface area contributed by atoms with Crippen molar-refractivity contribution in [2.45, 2.75) is 32.2 Å². The zero-order chi connectivity index (χ0) is 19.3. The Morgan fingerprint density at radius 2 is 1.77 bits per heavy atom. The Balaban J connectivity index is 2.35. The van der Waals surface area contributed by atoms with Gasteiger partial charge in [0, 0.05) is 25.7 Å². The lowest BCUT2D eigenvalue weighted by Gasteiger charge is -2.18. The third kappa shape index (κ3) is 4.20. The molecule has 7 nitrogen and oxygen atoms in total. The maximum atomic E-state index is 12.6. The number of hydrogen-bond donors (Lipinski definition) is 1. The van der Waals surface area contributed by atoms with Crippen molar-refractivity contribution in [3.8, 4) is 0 Å². The summed E-state index contributed by atoms with van der Waals surface area (Å²) in [6.07, 6.45) is 0. The van der Waals surface area contributed by atoms with Gasteiger partial charge < -0.3 is 5.32 Å². The number of nitrogens with zero attached hydrogens (tertiary/aromatic N) is 2. The van der Waals surface area contributed by atoms with Crippen LogP contribution in [0.3, 0.4) is 0 Å². The van der Waals surface area contributed by atoms with Crippen molar-refractivity contribution in [2.24, 2.45) is 0 Å². The molecule has 26 heavy (non-hydrogen) atoms. The molecule has 0 radical (unpaired) electrons. The molecule has 2 aromatic carbocycles. The average molecular weight is 377 g/mol. The maximum absolute atomic E-state index is 12.6. The van der Waals surface area contributed by atoms with Gasteiger partial charge in [-0.1, -0.05) is 38.1 Å². The van der Waals surface area contributed by atoms with Crippen LogP contribution in [0.25, 0.3) is 0 Å². The number of rotatable bonds is 8. The predicted molar refractivity (Wildman–Crippen MR) is 102 cm³/mol. The van der Waals surface area contributed by atoms with E-state index in [1.54, 1.807) is 13.8 Å². The third-order valence-electron chi connectivity index (χ3n) is 4.24. The average Bonchev–Trinajstić information content (AvgIpc) is 2.61. The minimum absolute atomic E-state index is 0.0747. The van der Waals surface area contributed by atoms with Crippen LogP contribution in [0.1, 0.15) is 25.0 Å². The Hall–Kier alpha value is -2.45. The zero-order valence-corrected chi connectivity index (χ0v) is 15.9. The first-order chi connectivity index (χ1) is 12.3. The molecule has 0 aliphatic heterocycles. The standard InChI is InChI=1S/C18H23N3O4S/c1-4-20(5-2)26(24,25)16-10-11-17(18(12-16)21(22)23)19-13-15-9-7-6-8-14(15)3/h6-12,19H,4-5,13H2,1-3H3. The van der Waals surface area contributed by atoms with E-state index in [-0.39, 0.29) is 16.3 Å². The molecule has 0 heterocycles. The quantitative estimate of drug-likeness (QED) is 0.561. The van der Waals surface area contributed by atoms with E-state index in [9.17, 15) is 18.5 Å². The van der Waals surface area contributed by atoms with Crippen LogP contribution in [0, 0.1) is 17.0 Å². The normalized spacial score (nSPS) is 11.5. The van der Waals surface area contributed by atoms with E-state index >= 15 is 0 Å².